The van der Waals surface area contributed by atoms with E-state index in [1.54, 1.807) is 0 Å². The van der Waals surface area contributed by atoms with Gasteiger partial charge in [0.2, 0.25) is 5.91 Å². The van der Waals surface area contributed by atoms with Crippen LogP contribution in [-0.4, -0.2) is 10.9 Å². The number of thiazole rings is 1. The number of halogens is 1. The third kappa shape index (κ3) is 4.13. The molecule has 4 nitrogen and oxygen atoms in total. The predicted octanol–water partition coefficient (Wildman–Crippen LogP) is 5.56. The fourth-order valence-electron chi connectivity index (χ4n) is 2.13. The third-order valence-corrected chi connectivity index (χ3v) is 4.36. The van der Waals surface area contributed by atoms with Gasteiger partial charge in [-0.05, 0) is 30.3 Å². The Hall–Kier alpha value is -2.37. The first kappa shape index (κ1) is 16.5. The van der Waals surface area contributed by atoms with Crippen molar-refractivity contribution < 1.29 is 4.79 Å². The number of rotatable bonds is 5. The normalized spacial score (nSPS) is 10.4. The summed E-state index contributed by atoms with van der Waals surface area (Å²) in [4.78, 5) is 16.0. The van der Waals surface area contributed by atoms with Crippen molar-refractivity contribution in [2.45, 2.75) is 13.3 Å². The minimum absolute atomic E-state index is 0.00409. The second kappa shape index (κ2) is 7.47. The summed E-state index contributed by atoms with van der Waals surface area (Å²) in [5.74, 6) is 0.00409. The molecular weight excluding hydrogens is 342 g/mol. The first-order valence-electron chi connectivity index (χ1n) is 7.52. The van der Waals surface area contributed by atoms with Gasteiger partial charge >= 0.3 is 0 Å². The Bertz CT molecular complexity index is 845. The molecule has 0 bridgehead atoms. The van der Waals surface area contributed by atoms with Gasteiger partial charge in [-0.2, -0.15) is 0 Å². The van der Waals surface area contributed by atoms with E-state index in [1.165, 1.54) is 11.3 Å². The van der Waals surface area contributed by atoms with E-state index in [1.807, 2.05) is 60.8 Å². The predicted molar refractivity (Wildman–Crippen MR) is 101 cm³/mol. The summed E-state index contributed by atoms with van der Waals surface area (Å²) in [6, 6.07) is 15.2. The number of aromatic nitrogens is 1. The SMILES string of the molecule is CCC(=O)Nc1ccc(-c2csc(Nc3cccc(Cl)c3)n2)cc1. The lowest BCUT2D eigenvalue weighted by Crippen LogP contribution is -2.08. The molecule has 0 radical (unpaired) electrons. The van der Waals surface area contributed by atoms with E-state index in [2.05, 4.69) is 15.6 Å². The van der Waals surface area contributed by atoms with Crippen LogP contribution in [0, 0.1) is 0 Å². The molecule has 0 saturated heterocycles. The number of amides is 1. The number of hydrogen-bond donors (Lipinski definition) is 2. The van der Waals surface area contributed by atoms with Gasteiger partial charge < -0.3 is 10.6 Å². The highest BCUT2D eigenvalue weighted by molar-refractivity contribution is 7.14. The van der Waals surface area contributed by atoms with Crippen molar-refractivity contribution in [3.05, 3.63) is 58.9 Å². The molecule has 0 atom stereocenters. The highest BCUT2D eigenvalue weighted by Crippen LogP contribution is 2.28. The lowest BCUT2D eigenvalue weighted by atomic mass is 10.1. The molecule has 2 N–H and O–H groups in total. The van der Waals surface area contributed by atoms with Crippen molar-refractivity contribution in [2.75, 3.05) is 10.6 Å². The lowest BCUT2D eigenvalue weighted by Gasteiger charge is -2.04. The van der Waals surface area contributed by atoms with Gasteiger partial charge in [0.05, 0.1) is 5.69 Å². The average Bonchev–Trinajstić information content (AvgIpc) is 3.04. The van der Waals surface area contributed by atoms with Crippen molar-refractivity contribution in [2.24, 2.45) is 0 Å². The zero-order chi connectivity index (χ0) is 16.9. The van der Waals surface area contributed by atoms with Gasteiger partial charge in [0.25, 0.3) is 0 Å². The molecule has 0 aliphatic rings. The minimum atomic E-state index is 0.00409. The fraction of sp³-hybridized carbons (Fsp3) is 0.111. The Labute approximate surface area is 149 Å². The van der Waals surface area contributed by atoms with Crippen LogP contribution in [0.5, 0.6) is 0 Å². The fourth-order valence-corrected chi connectivity index (χ4v) is 3.06. The van der Waals surface area contributed by atoms with Gasteiger partial charge in [-0.15, -0.1) is 11.3 Å². The van der Waals surface area contributed by atoms with Crippen LogP contribution in [0.3, 0.4) is 0 Å². The molecule has 0 unspecified atom stereocenters. The maximum absolute atomic E-state index is 11.4. The van der Waals surface area contributed by atoms with Crippen molar-refractivity contribution >= 4 is 45.4 Å². The molecule has 24 heavy (non-hydrogen) atoms. The number of anilines is 3. The summed E-state index contributed by atoms with van der Waals surface area (Å²) >= 11 is 7.51. The number of benzene rings is 2. The first-order valence-corrected chi connectivity index (χ1v) is 8.78. The van der Waals surface area contributed by atoms with Gasteiger partial charge in [-0.1, -0.05) is 36.7 Å². The Morgan fingerprint density at radius 3 is 2.67 bits per heavy atom. The molecule has 6 heteroatoms. The average molecular weight is 358 g/mol. The highest BCUT2D eigenvalue weighted by atomic mass is 35.5. The van der Waals surface area contributed by atoms with Crippen LogP contribution < -0.4 is 10.6 Å². The second-order valence-corrected chi connectivity index (χ2v) is 6.45. The molecule has 0 spiro atoms. The van der Waals surface area contributed by atoms with Gasteiger partial charge in [-0.3, -0.25) is 4.79 Å². The quantitative estimate of drug-likeness (QED) is 0.628. The van der Waals surface area contributed by atoms with E-state index >= 15 is 0 Å². The summed E-state index contributed by atoms with van der Waals surface area (Å²) in [6.07, 6.45) is 0.465. The van der Waals surface area contributed by atoms with E-state index in [0.29, 0.717) is 11.4 Å². The van der Waals surface area contributed by atoms with Crippen LogP contribution in [0.4, 0.5) is 16.5 Å². The summed E-state index contributed by atoms with van der Waals surface area (Å²) in [6.45, 7) is 1.83. The zero-order valence-electron chi connectivity index (χ0n) is 13.0. The molecule has 0 saturated carbocycles. The van der Waals surface area contributed by atoms with Crippen LogP contribution >= 0.6 is 22.9 Å². The standard InChI is InChI=1S/C18H16ClN3OS/c1-2-17(23)20-14-8-6-12(7-9-14)16-11-24-18(22-16)21-15-5-3-4-13(19)10-15/h3-11H,2H2,1H3,(H,20,23)(H,21,22). The molecular formula is C18H16ClN3OS. The van der Waals surface area contributed by atoms with Gasteiger partial charge in [-0.25, -0.2) is 4.98 Å². The number of carbonyl (C=O) groups excluding carboxylic acids is 1. The van der Waals surface area contributed by atoms with Gasteiger partial charge in [0.1, 0.15) is 0 Å². The molecule has 0 aliphatic carbocycles. The second-order valence-electron chi connectivity index (χ2n) is 5.15. The number of nitrogens with one attached hydrogen (secondary N) is 2. The van der Waals surface area contributed by atoms with Crippen LogP contribution in [-0.2, 0) is 4.79 Å². The summed E-state index contributed by atoms with van der Waals surface area (Å²) < 4.78 is 0. The van der Waals surface area contributed by atoms with E-state index in [-0.39, 0.29) is 5.91 Å². The van der Waals surface area contributed by atoms with E-state index in [4.69, 9.17) is 11.6 Å². The van der Waals surface area contributed by atoms with Crippen molar-refractivity contribution in [3.8, 4) is 11.3 Å². The third-order valence-electron chi connectivity index (χ3n) is 3.37. The Morgan fingerprint density at radius 2 is 1.96 bits per heavy atom. The summed E-state index contributed by atoms with van der Waals surface area (Å²) in [5.41, 5.74) is 3.58. The molecule has 1 heterocycles. The van der Waals surface area contributed by atoms with Crippen LogP contribution in [0.2, 0.25) is 5.02 Å². The smallest absolute Gasteiger partial charge is 0.224 e. The van der Waals surface area contributed by atoms with Crippen LogP contribution in [0.15, 0.2) is 53.9 Å². The van der Waals surface area contributed by atoms with Crippen molar-refractivity contribution in [1.29, 1.82) is 0 Å². The summed E-state index contributed by atoms with van der Waals surface area (Å²) in [5, 5.41) is 9.55. The molecule has 1 aromatic heterocycles. The zero-order valence-corrected chi connectivity index (χ0v) is 14.6. The lowest BCUT2D eigenvalue weighted by molar-refractivity contribution is -0.115. The van der Waals surface area contributed by atoms with E-state index < -0.39 is 0 Å². The maximum atomic E-state index is 11.4. The molecule has 3 rings (SSSR count). The highest BCUT2D eigenvalue weighted by Gasteiger charge is 2.06. The van der Waals surface area contributed by atoms with Crippen molar-refractivity contribution in [1.82, 2.24) is 4.98 Å². The van der Waals surface area contributed by atoms with Crippen LogP contribution in [0.25, 0.3) is 11.3 Å². The largest absolute Gasteiger partial charge is 0.331 e. The van der Waals surface area contributed by atoms with Gasteiger partial charge in [0, 0.05) is 33.8 Å². The number of hydrogen-bond acceptors (Lipinski definition) is 4. The topological polar surface area (TPSA) is 54.0 Å². The summed E-state index contributed by atoms with van der Waals surface area (Å²) in [7, 11) is 0. The monoisotopic (exact) mass is 357 g/mol. The molecule has 0 aliphatic heterocycles. The maximum Gasteiger partial charge on any atom is 0.224 e. The number of carbonyl (C=O) groups is 1. The first-order chi connectivity index (χ1) is 11.6. The Kier molecular flexibility index (Phi) is 5.13. The minimum Gasteiger partial charge on any atom is -0.331 e. The molecule has 2 aromatic carbocycles. The molecule has 1 amide bonds. The van der Waals surface area contributed by atoms with Crippen molar-refractivity contribution in [3.63, 3.8) is 0 Å². The van der Waals surface area contributed by atoms with Crippen LogP contribution in [0.1, 0.15) is 13.3 Å². The van der Waals surface area contributed by atoms with E-state index in [9.17, 15) is 4.79 Å². The van der Waals surface area contributed by atoms with Gasteiger partial charge in [0.15, 0.2) is 5.13 Å². The molecule has 0 fully saturated rings. The number of nitrogens with zero attached hydrogens (tertiary/aromatic N) is 1. The Balaban J connectivity index is 1.72. The molecule has 3 aromatic rings. The van der Waals surface area contributed by atoms with E-state index in [0.717, 1.165) is 27.8 Å². The Morgan fingerprint density at radius 1 is 1.17 bits per heavy atom. The molecule has 122 valence electrons.